The Bertz CT molecular complexity index is 417. The van der Waals surface area contributed by atoms with Crippen LogP contribution < -0.4 is 5.73 Å². The van der Waals surface area contributed by atoms with E-state index in [0.29, 0.717) is 0 Å². The molecule has 0 radical (unpaired) electrons. The van der Waals surface area contributed by atoms with Crippen LogP contribution in [0.25, 0.3) is 0 Å². The van der Waals surface area contributed by atoms with Gasteiger partial charge in [0.15, 0.2) is 10.8 Å². The molecule has 2 N–H and O–H groups in total. The van der Waals surface area contributed by atoms with E-state index in [2.05, 4.69) is 0 Å². The number of amides is 1. The van der Waals surface area contributed by atoms with Crippen LogP contribution in [0.15, 0.2) is 29.2 Å². The van der Waals surface area contributed by atoms with Crippen LogP contribution in [0, 0.1) is 0 Å². The molecule has 0 aliphatic rings. The zero-order valence-corrected chi connectivity index (χ0v) is 8.06. The number of halogens is 3. The van der Waals surface area contributed by atoms with Crippen molar-refractivity contribution in [3.63, 3.8) is 0 Å². The second kappa shape index (κ2) is 4.01. The van der Waals surface area contributed by atoms with Crippen LogP contribution in [0.3, 0.4) is 0 Å². The monoisotopic (exact) mass is 237 g/mol. The highest BCUT2D eigenvalue weighted by Gasteiger charge is 2.39. The molecule has 1 unspecified atom stereocenters. The first kappa shape index (κ1) is 11.7. The summed E-state index contributed by atoms with van der Waals surface area (Å²) in [4.78, 5) is 10.2. The van der Waals surface area contributed by atoms with Gasteiger partial charge in [0.2, 0.25) is 5.91 Å². The number of primary amides is 1. The van der Waals surface area contributed by atoms with Crippen LogP contribution in [-0.4, -0.2) is 15.6 Å². The van der Waals surface area contributed by atoms with Gasteiger partial charge < -0.3 is 5.73 Å². The molecule has 0 aliphatic heterocycles. The van der Waals surface area contributed by atoms with E-state index >= 15 is 0 Å². The number of rotatable bonds is 2. The summed E-state index contributed by atoms with van der Waals surface area (Å²) in [5.74, 6) is -1.04. The Kier molecular flexibility index (Phi) is 3.13. The average molecular weight is 237 g/mol. The number of hydrogen-bond donors (Lipinski definition) is 1. The summed E-state index contributed by atoms with van der Waals surface area (Å²) in [5.41, 5.74) is -0.424. The second-order valence-electron chi connectivity index (χ2n) is 2.57. The van der Waals surface area contributed by atoms with Crippen molar-refractivity contribution >= 4 is 16.7 Å². The second-order valence-corrected chi connectivity index (χ2v) is 4.02. The summed E-state index contributed by atoms with van der Waals surface area (Å²) in [6.07, 6.45) is 0. The molecule has 0 saturated heterocycles. The van der Waals surface area contributed by atoms with E-state index in [4.69, 9.17) is 5.73 Å². The van der Waals surface area contributed by atoms with Crippen molar-refractivity contribution in [2.45, 2.75) is 10.4 Å². The molecule has 0 fully saturated rings. The molecule has 3 nitrogen and oxygen atoms in total. The molecule has 0 aromatic heterocycles. The van der Waals surface area contributed by atoms with Crippen LogP contribution in [0.4, 0.5) is 13.2 Å². The Labute approximate surface area is 85.5 Å². The normalized spacial score (nSPS) is 13.5. The van der Waals surface area contributed by atoms with Gasteiger partial charge in [-0.15, -0.1) is 0 Å². The maximum absolute atomic E-state index is 12.1. The Morgan fingerprint density at radius 2 is 1.80 bits per heavy atom. The van der Waals surface area contributed by atoms with Crippen molar-refractivity contribution in [2.75, 3.05) is 0 Å². The third-order valence-corrected chi connectivity index (χ3v) is 2.74. The Hall–Kier alpha value is -1.37. The molecule has 0 aliphatic carbocycles. The average Bonchev–Trinajstić information content (AvgIpc) is 2.15. The Morgan fingerprint density at radius 1 is 1.27 bits per heavy atom. The fraction of sp³-hybridized carbons (Fsp3) is 0.125. The quantitative estimate of drug-likeness (QED) is 0.845. The summed E-state index contributed by atoms with van der Waals surface area (Å²) in [7, 11) is -3.23. The number of carbonyl (C=O) groups excluding carboxylic acids is 1. The number of nitrogens with two attached hydrogens (primary N) is 1. The maximum Gasteiger partial charge on any atom is 0.475 e. The van der Waals surface area contributed by atoms with Crippen LogP contribution in [0.2, 0.25) is 0 Å². The highest BCUT2D eigenvalue weighted by Crippen LogP contribution is 2.27. The molecule has 1 amide bonds. The molecule has 0 saturated carbocycles. The van der Waals surface area contributed by atoms with Crippen molar-refractivity contribution in [1.82, 2.24) is 0 Å². The molecule has 7 heteroatoms. The molecule has 0 bridgehead atoms. The standard InChI is InChI=1S/C8H6F3NO2S/c9-8(10,11)15(14)6-4-2-1-3-5(6)7(12)13/h1-4H,(H2,12,13). The number of hydrogen-bond acceptors (Lipinski definition) is 2. The summed E-state index contributed by atoms with van der Waals surface area (Å²) >= 11 is 0. The van der Waals surface area contributed by atoms with Crippen molar-refractivity contribution in [2.24, 2.45) is 5.73 Å². The summed E-state index contributed by atoms with van der Waals surface area (Å²) in [6, 6.07) is 4.66. The minimum atomic E-state index is -4.90. The third-order valence-electron chi connectivity index (χ3n) is 1.56. The molecular weight excluding hydrogens is 231 g/mol. The Balaban J connectivity index is 3.26. The maximum atomic E-state index is 12.1. The fourth-order valence-electron chi connectivity index (χ4n) is 0.957. The van der Waals surface area contributed by atoms with Crippen LogP contribution >= 0.6 is 0 Å². The predicted octanol–water partition coefficient (Wildman–Crippen LogP) is 1.41. The Morgan fingerprint density at radius 3 is 2.27 bits per heavy atom. The molecule has 1 aromatic rings. The van der Waals surface area contributed by atoms with Crippen LogP contribution in [-0.2, 0) is 10.8 Å². The summed E-state index contributed by atoms with van der Waals surface area (Å²) in [5, 5.41) is 0. The van der Waals surface area contributed by atoms with Crippen molar-refractivity contribution < 1.29 is 22.2 Å². The van der Waals surface area contributed by atoms with Gasteiger partial charge >= 0.3 is 5.51 Å². The van der Waals surface area contributed by atoms with Gasteiger partial charge in [0.25, 0.3) is 0 Å². The molecule has 0 spiro atoms. The van der Waals surface area contributed by atoms with Gasteiger partial charge in [-0.1, -0.05) is 12.1 Å². The first-order chi connectivity index (χ1) is 6.84. The van der Waals surface area contributed by atoms with Gasteiger partial charge in [-0.2, -0.15) is 13.2 Å². The van der Waals surface area contributed by atoms with E-state index in [1.165, 1.54) is 12.1 Å². The zero-order valence-electron chi connectivity index (χ0n) is 7.25. The lowest BCUT2D eigenvalue weighted by atomic mass is 10.2. The van der Waals surface area contributed by atoms with E-state index in [9.17, 15) is 22.2 Å². The molecule has 1 rings (SSSR count). The molecule has 1 atom stereocenters. The van der Waals surface area contributed by atoms with E-state index in [1.54, 1.807) is 0 Å². The van der Waals surface area contributed by atoms with Gasteiger partial charge in [-0.3, -0.25) is 4.79 Å². The highest BCUT2D eigenvalue weighted by atomic mass is 32.2. The van der Waals surface area contributed by atoms with Crippen molar-refractivity contribution in [3.8, 4) is 0 Å². The van der Waals surface area contributed by atoms with Gasteiger partial charge in [-0.25, -0.2) is 4.21 Å². The predicted molar refractivity (Wildman–Crippen MR) is 47.4 cm³/mol. The van der Waals surface area contributed by atoms with E-state index < -0.39 is 27.1 Å². The van der Waals surface area contributed by atoms with Gasteiger partial charge in [-0.05, 0) is 12.1 Å². The topological polar surface area (TPSA) is 60.2 Å². The molecule has 1 aromatic carbocycles. The third kappa shape index (κ3) is 2.56. The molecule has 82 valence electrons. The lowest BCUT2D eigenvalue weighted by molar-refractivity contribution is -0.0384. The minimum Gasteiger partial charge on any atom is -0.366 e. The minimum absolute atomic E-state index is 0.381. The first-order valence-corrected chi connectivity index (χ1v) is 4.86. The van der Waals surface area contributed by atoms with Crippen LogP contribution in [0.5, 0.6) is 0 Å². The summed E-state index contributed by atoms with van der Waals surface area (Å²) < 4.78 is 47.3. The van der Waals surface area contributed by atoms with Crippen molar-refractivity contribution in [3.05, 3.63) is 29.8 Å². The lowest BCUT2D eigenvalue weighted by Gasteiger charge is -2.08. The smallest absolute Gasteiger partial charge is 0.366 e. The van der Waals surface area contributed by atoms with Crippen LogP contribution in [0.1, 0.15) is 10.4 Å². The highest BCUT2D eigenvalue weighted by molar-refractivity contribution is 7.86. The van der Waals surface area contributed by atoms with E-state index in [0.717, 1.165) is 12.1 Å². The van der Waals surface area contributed by atoms with Crippen molar-refractivity contribution in [1.29, 1.82) is 0 Å². The lowest BCUT2D eigenvalue weighted by Crippen LogP contribution is -2.21. The SMILES string of the molecule is NC(=O)c1ccccc1S(=O)C(F)(F)F. The largest absolute Gasteiger partial charge is 0.475 e. The van der Waals surface area contributed by atoms with Gasteiger partial charge in [0.1, 0.15) is 0 Å². The number of benzene rings is 1. The van der Waals surface area contributed by atoms with Gasteiger partial charge in [0.05, 0.1) is 10.5 Å². The molecular formula is C8H6F3NO2S. The zero-order chi connectivity index (χ0) is 11.6. The number of carbonyl (C=O) groups is 1. The van der Waals surface area contributed by atoms with E-state index in [1.807, 2.05) is 0 Å². The fourth-order valence-corrected chi connectivity index (χ4v) is 1.78. The molecule has 0 heterocycles. The first-order valence-electron chi connectivity index (χ1n) is 3.71. The molecule has 15 heavy (non-hydrogen) atoms. The van der Waals surface area contributed by atoms with Gasteiger partial charge in [0, 0.05) is 0 Å². The summed E-state index contributed by atoms with van der Waals surface area (Å²) in [6.45, 7) is 0. The number of alkyl halides is 3. The van der Waals surface area contributed by atoms with E-state index in [-0.39, 0.29) is 5.56 Å².